The molecule has 0 aromatic heterocycles. The van der Waals surface area contributed by atoms with Gasteiger partial charge in [0.05, 0.1) is 11.6 Å². The largest absolute Gasteiger partial charge is 1.00 e. The second-order valence-electron chi connectivity index (χ2n) is 18.0. The number of carbonyl (C=O) groups is 4. The molecular formula is C62H52BrF9K2NNaO10. The first-order valence-electron chi connectivity index (χ1n) is 24.9. The number of nitriles is 1. The molecule has 3 aliphatic carbocycles. The van der Waals surface area contributed by atoms with E-state index in [1.807, 2.05) is 6.07 Å². The van der Waals surface area contributed by atoms with Crippen molar-refractivity contribution < 1.29 is 223 Å². The van der Waals surface area contributed by atoms with Gasteiger partial charge in [-0.3, -0.25) is 19.2 Å². The van der Waals surface area contributed by atoms with Gasteiger partial charge in [0.15, 0.2) is 52.3 Å². The summed E-state index contributed by atoms with van der Waals surface area (Å²) in [6, 6.07) is 32.8. The fourth-order valence-corrected chi connectivity index (χ4v) is 8.66. The number of hydrogen-bond acceptors (Lipinski definition) is 11. The third-order valence-electron chi connectivity index (χ3n) is 12.3. The number of fused-ring (bicyclic) bond motifs is 3. The Morgan fingerprint density at radius 3 is 1.43 bits per heavy atom. The quantitative estimate of drug-likeness (QED) is 0.0364. The van der Waals surface area contributed by atoms with E-state index in [2.05, 4.69) is 20.8 Å². The van der Waals surface area contributed by atoms with Crippen molar-refractivity contribution in [1.82, 2.24) is 0 Å². The number of aryl methyl sites for hydroxylation is 3. The van der Waals surface area contributed by atoms with Crippen molar-refractivity contribution in [3.05, 3.63) is 235 Å². The van der Waals surface area contributed by atoms with Crippen LogP contribution in [0.4, 0.5) is 39.5 Å². The number of phenols is 1. The number of nitrogens with zero attached hydrogens (tertiary/aromatic N) is 1. The molecule has 7 aromatic carbocycles. The molecule has 0 unspecified atom stereocenters. The van der Waals surface area contributed by atoms with Crippen LogP contribution in [-0.4, -0.2) is 34.4 Å². The van der Waals surface area contributed by atoms with Gasteiger partial charge in [-0.2, -0.15) is 18.4 Å². The van der Waals surface area contributed by atoms with Crippen LogP contribution in [0.2, 0.25) is 0 Å². The molecule has 0 saturated carbocycles. The van der Waals surface area contributed by atoms with E-state index in [1.54, 1.807) is 60.7 Å². The normalized spacial score (nSPS) is 12.7. The van der Waals surface area contributed by atoms with Crippen LogP contribution in [0.5, 0.6) is 17.2 Å². The van der Waals surface area contributed by atoms with Gasteiger partial charge in [-0.25, -0.2) is 26.3 Å². The fourth-order valence-electron chi connectivity index (χ4n) is 8.31. The van der Waals surface area contributed by atoms with Gasteiger partial charge in [0.25, 0.3) is 6.47 Å². The van der Waals surface area contributed by atoms with Crippen LogP contribution in [0.3, 0.4) is 0 Å². The van der Waals surface area contributed by atoms with Gasteiger partial charge in [0, 0.05) is 47.4 Å². The second kappa shape index (κ2) is 40.4. The predicted molar refractivity (Wildman–Crippen MR) is 289 cm³/mol. The predicted octanol–water partition coefficient (Wildman–Crippen LogP) is 5.52. The molecule has 0 amide bonds. The molecule has 438 valence electrons. The fraction of sp³-hybridized carbons (Fsp3) is 0.210. The number of aromatic hydroxyl groups is 1. The minimum atomic E-state index is -4.41. The molecule has 0 heterocycles. The van der Waals surface area contributed by atoms with Crippen LogP contribution in [0.1, 0.15) is 116 Å². The van der Waals surface area contributed by atoms with Crippen molar-refractivity contribution in [2.45, 2.75) is 83.0 Å². The third-order valence-corrected chi connectivity index (χ3v) is 12.9. The van der Waals surface area contributed by atoms with E-state index in [0.717, 1.165) is 102 Å². The van der Waals surface area contributed by atoms with Crippen LogP contribution in [-0.2, 0) is 53.7 Å². The molecule has 2 N–H and O–H groups in total. The zero-order chi connectivity index (χ0) is 59.9. The average Bonchev–Trinajstić information content (AvgIpc) is 3.59. The number of allylic oxidation sites excluding steroid dienone is 1. The molecular weight excluding hydrogens is 1270 g/mol. The number of hydrogen-bond donors (Lipinski definition) is 1. The number of halogens is 10. The number of phenolic OH excluding ortho intramolecular Hbond substituents is 1. The van der Waals surface area contributed by atoms with E-state index < -0.39 is 46.6 Å². The number of rotatable bonds is 9. The minimum Gasteiger partial charge on any atom is -1.00 e. The summed E-state index contributed by atoms with van der Waals surface area (Å²) in [5.74, 6) is -3.65. The van der Waals surface area contributed by atoms with Gasteiger partial charge < -0.3 is 31.6 Å². The first kappa shape index (κ1) is 79.7. The smallest absolute Gasteiger partial charge is 1.00 e. The van der Waals surface area contributed by atoms with E-state index in [-0.39, 0.29) is 182 Å². The Morgan fingerprint density at radius 1 is 0.593 bits per heavy atom. The zero-order valence-corrected chi connectivity index (χ0v) is 56.9. The maximum absolute atomic E-state index is 13.3. The van der Waals surface area contributed by atoms with Crippen LogP contribution in [0.25, 0.3) is 6.08 Å². The molecule has 24 heteroatoms. The van der Waals surface area contributed by atoms with Crippen LogP contribution >= 0.6 is 15.9 Å². The van der Waals surface area contributed by atoms with Crippen molar-refractivity contribution in [3.63, 3.8) is 0 Å². The SMILES string of the molecule is CC#N.Fc1ccc(CBr)cc1F.O=C1/C(=C/c2ccc(C(F)(F)F)cc2)CCc2cc(OCc3ccc(F)c(F)c3)ccc21.O=C1CCCc2cc(O)ccc21.O=C1CCCc2cc(OCc3ccc(F)c(F)c3)ccc21.O=CO[O-].[H-].[K+].[K+].[Na+].[OH-]. The summed E-state index contributed by atoms with van der Waals surface area (Å²) < 4.78 is 126. The number of ether oxygens (including phenoxy) is 2. The maximum Gasteiger partial charge on any atom is 1.00 e. The number of benzene rings is 7. The molecule has 0 spiro atoms. The molecule has 0 saturated heterocycles. The first-order chi connectivity index (χ1) is 39.2. The summed E-state index contributed by atoms with van der Waals surface area (Å²) in [7, 11) is 0. The van der Waals surface area contributed by atoms with Crippen molar-refractivity contribution in [2.24, 2.45) is 0 Å². The number of alkyl halides is 4. The molecule has 11 nitrogen and oxygen atoms in total. The molecule has 3 aliphatic rings. The van der Waals surface area contributed by atoms with E-state index in [1.165, 1.54) is 43.3 Å². The van der Waals surface area contributed by atoms with Crippen molar-refractivity contribution in [3.8, 4) is 23.3 Å². The van der Waals surface area contributed by atoms with Crippen LogP contribution < -0.4 is 147 Å². The molecule has 0 fully saturated rings. The Balaban J connectivity index is 0.00000116. The van der Waals surface area contributed by atoms with Crippen LogP contribution in [0, 0.1) is 46.2 Å². The van der Waals surface area contributed by atoms with E-state index in [4.69, 9.17) is 29.9 Å². The Labute approximate surface area is 607 Å². The molecule has 10 rings (SSSR count). The van der Waals surface area contributed by atoms with E-state index >= 15 is 0 Å². The monoisotopic (exact) mass is 1320 g/mol. The standard InChI is InChI=1S/C25H17F5O2.C17H14F2O2.C10H10O2.C7H5BrF2.C2H3N.CH2O3.2K.Na.H2O.H/c26-22-10-3-16(12-23(22)27)14-32-20-8-9-21-17(13-20)4-5-18(24(21)31)11-15-1-6-19(7-2-15)25(28,29)30;18-15-7-4-11(8-16(15)19)10-21-13-5-6-14-12(9-13)2-1-3-17(14)20;11-8-4-5-9-7(6-8)2-1-3-10(9)12;8-4-5-1-2-6(9)7(10)3-5;1-2-3;2-1-4-3;;;;;/h1-3,6-13H,4-5,14H2;4-9H,1-3,10H2;4-6,11H,1-3H2;1-3H,4H2;1H3;1,3H;;;;1H2;/q;;;;;;3*+1;;-1/p-2/b18-11+;;;;;;;;;;. The van der Waals surface area contributed by atoms with Crippen molar-refractivity contribution in [1.29, 1.82) is 5.26 Å². The Morgan fingerprint density at radius 2 is 1.00 bits per heavy atom. The summed E-state index contributed by atoms with van der Waals surface area (Å²) in [5.41, 5.74) is 6.92. The summed E-state index contributed by atoms with van der Waals surface area (Å²) in [4.78, 5) is 47.1. The Hall–Kier alpha value is -4.31. The molecule has 0 radical (unpaired) electrons. The van der Waals surface area contributed by atoms with E-state index in [9.17, 15) is 53.9 Å². The summed E-state index contributed by atoms with van der Waals surface area (Å²) in [6.45, 7) is 1.45. The van der Waals surface area contributed by atoms with Crippen LogP contribution in [0.15, 0.2) is 139 Å². The van der Waals surface area contributed by atoms with Gasteiger partial charge in [-0.1, -0.05) is 46.3 Å². The molecule has 0 aliphatic heterocycles. The molecule has 7 aromatic rings. The Bertz CT molecular complexity index is 3470. The molecule has 0 atom stereocenters. The van der Waals surface area contributed by atoms with E-state index in [0.29, 0.717) is 70.3 Å². The average molecular weight is 1320 g/mol. The zero-order valence-electron chi connectivity index (χ0n) is 48.0. The van der Waals surface area contributed by atoms with Gasteiger partial charge in [0.1, 0.15) is 30.5 Å². The summed E-state index contributed by atoms with van der Waals surface area (Å²) in [5, 5.41) is 25.5. The van der Waals surface area contributed by atoms with Crippen molar-refractivity contribution in [2.75, 3.05) is 0 Å². The van der Waals surface area contributed by atoms with Crippen molar-refractivity contribution >= 4 is 45.8 Å². The molecule has 86 heavy (non-hydrogen) atoms. The first-order valence-corrected chi connectivity index (χ1v) is 26.0. The van der Waals surface area contributed by atoms with Gasteiger partial charge in [-0.05, 0) is 187 Å². The summed E-state index contributed by atoms with van der Waals surface area (Å²) >= 11 is 3.13. The maximum atomic E-state index is 13.3. The molecule has 0 bridgehead atoms. The van der Waals surface area contributed by atoms with Gasteiger partial charge in [0.2, 0.25) is 0 Å². The number of Topliss-reactive ketones (excluding diaryl/α,β-unsaturated/α-hetero) is 3. The Kier molecular flexibility index (Phi) is 37.4. The minimum absolute atomic E-state index is 0. The number of ketones is 3. The van der Waals surface area contributed by atoms with Gasteiger partial charge >= 0.3 is 139 Å². The second-order valence-corrected chi connectivity index (χ2v) is 18.6. The summed E-state index contributed by atoms with van der Waals surface area (Å²) in [6.07, 6.45) is 3.01. The topological polar surface area (TPSA) is 193 Å². The number of carbonyl (C=O) groups excluding carboxylic acids is 4. The van der Waals surface area contributed by atoms with Gasteiger partial charge in [-0.15, -0.1) is 0 Å². The third kappa shape index (κ3) is 25.3.